The molecule has 0 aliphatic heterocycles. The molecule has 0 spiro atoms. The molecule has 0 fully saturated rings. The van der Waals surface area contributed by atoms with Gasteiger partial charge in [0.05, 0.1) is 0 Å². The van der Waals surface area contributed by atoms with Crippen molar-refractivity contribution >= 4 is 17.1 Å². The fraction of sp³-hybridized carbons (Fsp3) is 0. The number of hydrogen-bond donors (Lipinski definition) is 1. The van der Waals surface area contributed by atoms with Crippen molar-refractivity contribution in [3.8, 4) is 0 Å². The summed E-state index contributed by atoms with van der Waals surface area (Å²) in [5.74, 6) is 0.191. The summed E-state index contributed by atoms with van der Waals surface area (Å²) < 4.78 is 23.1. The van der Waals surface area contributed by atoms with Gasteiger partial charge in [-0.3, -0.25) is 4.55 Å². The van der Waals surface area contributed by atoms with Gasteiger partial charge in [0.2, 0.25) is 0 Å². The molecule has 0 aromatic heterocycles. The van der Waals surface area contributed by atoms with E-state index in [0.717, 1.165) is 0 Å². The lowest BCUT2D eigenvalue weighted by Crippen LogP contribution is -1.93. The van der Waals surface area contributed by atoms with E-state index in [2.05, 4.69) is 10.8 Å². The summed E-state index contributed by atoms with van der Waals surface area (Å²) in [6, 6.07) is 8.92. The van der Waals surface area contributed by atoms with E-state index in [1.165, 1.54) is 0 Å². The lowest BCUT2D eigenvalue weighted by Gasteiger charge is -2.02. The zero-order valence-electron chi connectivity index (χ0n) is 6.27. The quantitative estimate of drug-likeness (QED) is 0.575. The van der Waals surface area contributed by atoms with E-state index in [1.807, 2.05) is 6.07 Å². The molecule has 64 valence electrons. The van der Waals surface area contributed by atoms with Crippen molar-refractivity contribution in [2.75, 3.05) is 0 Å². The molecule has 0 heterocycles. The number of benzene rings is 1. The summed E-state index contributed by atoms with van der Waals surface area (Å²) in [6.45, 7) is 3.49. The summed E-state index contributed by atoms with van der Waals surface area (Å²) in [6.07, 6.45) is 0. The van der Waals surface area contributed by atoms with Gasteiger partial charge in [0, 0.05) is 5.56 Å². The van der Waals surface area contributed by atoms with Crippen LogP contribution in [0.25, 0.3) is 5.76 Å². The van der Waals surface area contributed by atoms with E-state index in [4.69, 9.17) is 4.55 Å². The average molecular weight is 184 g/mol. The molecule has 4 heteroatoms. The third-order valence-corrected chi connectivity index (χ3v) is 1.61. The Bertz CT molecular complexity index is 294. The monoisotopic (exact) mass is 184 g/mol. The molecule has 0 saturated carbocycles. The summed E-state index contributed by atoms with van der Waals surface area (Å²) in [7, 11) is 0. The van der Waals surface area contributed by atoms with Crippen LogP contribution in [-0.2, 0) is 15.5 Å². The van der Waals surface area contributed by atoms with Gasteiger partial charge in [0.15, 0.2) is 0 Å². The normalized spacial score (nSPS) is 12.1. The topological polar surface area (TPSA) is 46.5 Å². The van der Waals surface area contributed by atoms with E-state index in [-0.39, 0.29) is 5.76 Å². The van der Waals surface area contributed by atoms with Gasteiger partial charge in [-0.2, -0.15) is 4.21 Å². The predicted molar refractivity (Wildman–Crippen MR) is 47.3 cm³/mol. The van der Waals surface area contributed by atoms with Crippen LogP contribution in [0.15, 0.2) is 36.9 Å². The largest absolute Gasteiger partial charge is 0.380 e. The van der Waals surface area contributed by atoms with Gasteiger partial charge >= 0.3 is 11.4 Å². The van der Waals surface area contributed by atoms with Crippen molar-refractivity contribution < 1.29 is 12.9 Å². The van der Waals surface area contributed by atoms with Crippen molar-refractivity contribution in [1.82, 2.24) is 0 Å². The van der Waals surface area contributed by atoms with E-state index in [9.17, 15) is 4.21 Å². The van der Waals surface area contributed by atoms with Crippen LogP contribution in [0.3, 0.4) is 0 Å². The molecular formula is C8H8O3S. The predicted octanol–water partition coefficient (Wildman–Crippen LogP) is 1.81. The van der Waals surface area contributed by atoms with Crippen LogP contribution in [0.1, 0.15) is 5.56 Å². The van der Waals surface area contributed by atoms with Crippen LogP contribution < -0.4 is 0 Å². The van der Waals surface area contributed by atoms with Crippen LogP contribution in [0.5, 0.6) is 0 Å². The Morgan fingerprint density at radius 3 is 2.50 bits per heavy atom. The van der Waals surface area contributed by atoms with Crippen molar-refractivity contribution in [2.45, 2.75) is 0 Å². The average Bonchev–Trinajstić information content (AvgIpc) is 2.05. The fourth-order valence-electron chi connectivity index (χ4n) is 0.758. The van der Waals surface area contributed by atoms with E-state index >= 15 is 0 Å². The Hall–Kier alpha value is -1.13. The molecule has 1 aromatic rings. The van der Waals surface area contributed by atoms with E-state index in [0.29, 0.717) is 5.56 Å². The highest BCUT2D eigenvalue weighted by Gasteiger charge is 2.01. The molecule has 1 N–H and O–H groups in total. The summed E-state index contributed by atoms with van der Waals surface area (Å²) >= 11 is -2.30. The van der Waals surface area contributed by atoms with Crippen LogP contribution >= 0.6 is 0 Å². The van der Waals surface area contributed by atoms with Crippen molar-refractivity contribution in [3.05, 3.63) is 42.5 Å². The van der Waals surface area contributed by atoms with Gasteiger partial charge < -0.3 is 4.18 Å². The molecule has 1 unspecified atom stereocenters. The second-order valence-corrected chi connectivity index (χ2v) is 2.69. The van der Waals surface area contributed by atoms with Crippen molar-refractivity contribution in [3.63, 3.8) is 0 Å². The zero-order chi connectivity index (χ0) is 8.97. The highest BCUT2D eigenvalue weighted by atomic mass is 32.2. The Morgan fingerprint density at radius 2 is 2.00 bits per heavy atom. The number of hydrogen-bond acceptors (Lipinski definition) is 2. The molecule has 0 aliphatic carbocycles. The molecular weight excluding hydrogens is 176 g/mol. The molecule has 0 aliphatic rings. The Balaban J connectivity index is 2.73. The molecule has 1 rings (SSSR count). The van der Waals surface area contributed by atoms with Gasteiger partial charge in [0.25, 0.3) is 0 Å². The molecule has 0 bridgehead atoms. The van der Waals surface area contributed by atoms with Crippen molar-refractivity contribution in [1.29, 1.82) is 0 Å². The lowest BCUT2D eigenvalue weighted by molar-refractivity contribution is 0.438. The van der Waals surface area contributed by atoms with E-state index in [1.54, 1.807) is 24.3 Å². The first-order valence-corrected chi connectivity index (χ1v) is 4.27. The molecule has 1 atom stereocenters. The molecule has 12 heavy (non-hydrogen) atoms. The summed E-state index contributed by atoms with van der Waals surface area (Å²) in [4.78, 5) is 0. The number of rotatable bonds is 3. The van der Waals surface area contributed by atoms with Gasteiger partial charge in [-0.15, -0.1) is 0 Å². The van der Waals surface area contributed by atoms with Crippen LogP contribution in [0.4, 0.5) is 0 Å². The van der Waals surface area contributed by atoms with Crippen LogP contribution in [0.2, 0.25) is 0 Å². The lowest BCUT2D eigenvalue weighted by atomic mass is 10.2. The molecule has 0 radical (unpaired) electrons. The fourth-order valence-corrected chi connectivity index (χ4v) is 1.03. The second-order valence-electron chi connectivity index (χ2n) is 2.09. The van der Waals surface area contributed by atoms with Crippen molar-refractivity contribution in [2.24, 2.45) is 0 Å². The molecule has 0 amide bonds. The smallest absolute Gasteiger partial charge is 0.357 e. The third kappa shape index (κ3) is 2.48. The maximum Gasteiger partial charge on any atom is 0.357 e. The highest BCUT2D eigenvalue weighted by Crippen LogP contribution is 2.13. The molecule has 1 aromatic carbocycles. The minimum Gasteiger partial charge on any atom is -0.380 e. The standard InChI is InChI=1S/C8H8O3S/c1-7(11-12(9)10)8-5-3-2-4-6-8/h2-6H,1H2,(H,9,10). The summed E-state index contributed by atoms with van der Waals surface area (Å²) in [5, 5.41) is 0. The van der Waals surface area contributed by atoms with Gasteiger partial charge in [-0.05, 0) is 0 Å². The maximum atomic E-state index is 10.2. The molecule has 3 nitrogen and oxygen atoms in total. The SMILES string of the molecule is C=C(OS(=O)O)c1ccccc1. The highest BCUT2D eigenvalue weighted by molar-refractivity contribution is 7.74. The Labute approximate surface area is 73.2 Å². The molecule has 0 saturated heterocycles. The van der Waals surface area contributed by atoms with Gasteiger partial charge in [0.1, 0.15) is 5.76 Å². The Morgan fingerprint density at radius 1 is 1.42 bits per heavy atom. The van der Waals surface area contributed by atoms with E-state index < -0.39 is 11.4 Å². The van der Waals surface area contributed by atoms with Gasteiger partial charge in [-0.1, -0.05) is 36.9 Å². The van der Waals surface area contributed by atoms with Gasteiger partial charge in [-0.25, -0.2) is 0 Å². The maximum absolute atomic E-state index is 10.2. The first-order chi connectivity index (χ1) is 5.70. The third-order valence-electron chi connectivity index (χ3n) is 1.27. The first-order valence-electron chi connectivity index (χ1n) is 3.23. The van der Waals surface area contributed by atoms with Crippen LogP contribution in [-0.4, -0.2) is 8.76 Å². The summed E-state index contributed by atoms with van der Waals surface area (Å²) in [5.41, 5.74) is 0.694. The zero-order valence-corrected chi connectivity index (χ0v) is 7.08. The first kappa shape index (κ1) is 8.96. The second kappa shape index (κ2) is 4.04. The minimum atomic E-state index is -2.30. The minimum absolute atomic E-state index is 0.191. The Kier molecular flexibility index (Phi) is 3.01. The van der Waals surface area contributed by atoms with Crippen LogP contribution in [0, 0.1) is 0 Å².